The quantitative estimate of drug-likeness (QED) is 0.362. The number of rotatable bonds is 8. The first kappa shape index (κ1) is 24.3. The summed E-state index contributed by atoms with van der Waals surface area (Å²) < 4.78 is 12.2. The highest BCUT2D eigenvalue weighted by Crippen LogP contribution is 2.31. The Morgan fingerprint density at radius 1 is 1.17 bits per heavy atom. The normalized spacial score (nSPS) is 15.4. The SMILES string of the molecule is CCOC(=O)C1=C(CSc2nnnn2-c2cc(C)ccc2C)NC(=O)NC1c1ccc(OC)cc1. The number of esters is 1. The minimum atomic E-state index is -0.681. The number of benzene rings is 2. The number of methoxy groups -OCH3 is 1. The average Bonchev–Trinajstić information content (AvgIpc) is 3.32. The number of aromatic nitrogens is 4. The molecule has 0 bridgehead atoms. The van der Waals surface area contributed by atoms with Gasteiger partial charge in [0.05, 0.1) is 31.0 Å². The molecule has 1 aromatic heterocycles. The minimum absolute atomic E-state index is 0.205. The molecular formula is C24H26N6O4S. The third kappa shape index (κ3) is 5.29. The summed E-state index contributed by atoms with van der Waals surface area (Å²) in [5.74, 6) is 0.412. The highest BCUT2D eigenvalue weighted by atomic mass is 32.2. The van der Waals surface area contributed by atoms with E-state index in [9.17, 15) is 9.59 Å². The van der Waals surface area contributed by atoms with Crippen molar-refractivity contribution in [3.05, 3.63) is 70.4 Å². The van der Waals surface area contributed by atoms with E-state index in [1.807, 2.05) is 32.0 Å². The Hall–Kier alpha value is -3.86. The first-order valence-corrected chi connectivity index (χ1v) is 12.0. The van der Waals surface area contributed by atoms with Gasteiger partial charge in [-0.15, -0.1) is 5.10 Å². The second-order valence-corrected chi connectivity index (χ2v) is 8.81. The van der Waals surface area contributed by atoms with Crippen LogP contribution in [0, 0.1) is 13.8 Å². The Morgan fingerprint density at radius 2 is 1.94 bits per heavy atom. The molecule has 1 atom stereocenters. The molecule has 1 aliphatic rings. The van der Waals surface area contributed by atoms with E-state index in [1.165, 1.54) is 11.8 Å². The molecule has 3 aromatic rings. The third-order valence-corrected chi connectivity index (χ3v) is 6.42. The minimum Gasteiger partial charge on any atom is -0.497 e. The number of urea groups is 1. The summed E-state index contributed by atoms with van der Waals surface area (Å²) in [5.41, 5.74) is 4.46. The van der Waals surface area contributed by atoms with Gasteiger partial charge in [0.15, 0.2) is 0 Å². The van der Waals surface area contributed by atoms with Gasteiger partial charge in [0, 0.05) is 11.4 Å². The Morgan fingerprint density at radius 3 is 2.66 bits per heavy atom. The van der Waals surface area contributed by atoms with Gasteiger partial charge >= 0.3 is 12.0 Å². The van der Waals surface area contributed by atoms with Crippen LogP contribution in [0.4, 0.5) is 4.79 Å². The van der Waals surface area contributed by atoms with E-state index in [-0.39, 0.29) is 12.4 Å². The van der Waals surface area contributed by atoms with Gasteiger partial charge in [0.1, 0.15) is 5.75 Å². The van der Waals surface area contributed by atoms with E-state index in [1.54, 1.807) is 43.0 Å². The second-order valence-electron chi connectivity index (χ2n) is 7.87. The highest BCUT2D eigenvalue weighted by molar-refractivity contribution is 7.99. The number of amides is 2. The molecule has 1 unspecified atom stereocenters. The summed E-state index contributed by atoms with van der Waals surface area (Å²) in [6, 6.07) is 12.1. The van der Waals surface area contributed by atoms with Gasteiger partial charge in [0.25, 0.3) is 0 Å². The fourth-order valence-electron chi connectivity index (χ4n) is 3.73. The summed E-state index contributed by atoms with van der Waals surface area (Å²) in [5, 5.41) is 18.3. The maximum atomic E-state index is 13.0. The first-order chi connectivity index (χ1) is 16.9. The number of carbonyl (C=O) groups is 2. The maximum absolute atomic E-state index is 13.0. The molecule has 1 aliphatic heterocycles. The number of nitrogens with one attached hydrogen (secondary N) is 2. The molecule has 2 amide bonds. The van der Waals surface area contributed by atoms with Gasteiger partial charge in [-0.1, -0.05) is 36.0 Å². The van der Waals surface area contributed by atoms with E-state index in [2.05, 4.69) is 26.2 Å². The van der Waals surface area contributed by atoms with E-state index in [4.69, 9.17) is 9.47 Å². The number of hydrogen-bond donors (Lipinski definition) is 2. The monoisotopic (exact) mass is 494 g/mol. The largest absolute Gasteiger partial charge is 0.497 e. The average molecular weight is 495 g/mol. The Balaban J connectivity index is 1.68. The predicted octanol–water partition coefficient (Wildman–Crippen LogP) is 3.25. The number of aryl methyl sites for hydroxylation is 2. The smallest absolute Gasteiger partial charge is 0.338 e. The summed E-state index contributed by atoms with van der Waals surface area (Å²) in [4.78, 5) is 25.6. The molecule has 0 saturated heterocycles. The standard InChI is InChI=1S/C24H26N6O4S/c1-5-34-22(31)20-18(25-23(32)26-21(20)16-8-10-17(33-4)11-9-16)13-35-24-27-28-29-30(24)19-12-14(2)6-7-15(19)3/h6-12,21H,5,13H2,1-4H3,(H2,25,26,32). The molecule has 2 N–H and O–H groups in total. The van der Waals surface area contributed by atoms with Crippen molar-refractivity contribution in [1.29, 1.82) is 0 Å². The third-order valence-electron chi connectivity index (χ3n) is 5.48. The van der Waals surface area contributed by atoms with Crippen molar-refractivity contribution >= 4 is 23.8 Å². The van der Waals surface area contributed by atoms with Crippen molar-refractivity contribution in [2.24, 2.45) is 0 Å². The fraction of sp³-hybridized carbons (Fsp3) is 0.292. The summed E-state index contributed by atoms with van der Waals surface area (Å²) >= 11 is 1.31. The molecule has 4 rings (SSSR count). The number of carbonyl (C=O) groups excluding carboxylic acids is 2. The van der Waals surface area contributed by atoms with Gasteiger partial charge in [-0.25, -0.2) is 9.59 Å². The number of thioether (sulfide) groups is 1. The highest BCUT2D eigenvalue weighted by Gasteiger charge is 2.34. The molecule has 35 heavy (non-hydrogen) atoms. The van der Waals surface area contributed by atoms with Gasteiger partial charge in [-0.05, 0) is 66.1 Å². The van der Waals surface area contributed by atoms with Crippen molar-refractivity contribution in [3.63, 3.8) is 0 Å². The molecule has 0 saturated carbocycles. The van der Waals surface area contributed by atoms with Gasteiger partial charge in [-0.3, -0.25) is 0 Å². The number of hydrogen-bond acceptors (Lipinski definition) is 8. The fourth-order valence-corrected chi connectivity index (χ4v) is 4.58. The Labute approximate surface area is 207 Å². The van der Waals surface area contributed by atoms with Crippen LogP contribution in [0.3, 0.4) is 0 Å². The van der Waals surface area contributed by atoms with E-state index in [0.29, 0.717) is 22.2 Å². The molecular weight excluding hydrogens is 468 g/mol. The van der Waals surface area contributed by atoms with Crippen molar-refractivity contribution < 1.29 is 19.1 Å². The van der Waals surface area contributed by atoms with Crippen molar-refractivity contribution in [1.82, 2.24) is 30.8 Å². The lowest BCUT2D eigenvalue weighted by atomic mass is 9.95. The lowest BCUT2D eigenvalue weighted by Gasteiger charge is -2.29. The number of tetrazole rings is 1. The molecule has 0 aliphatic carbocycles. The Bertz CT molecular complexity index is 1270. The lowest BCUT2D eigenvalue weighted by molar-refractivity contribution is -0.139. The van der Waals surface area contributed by atoms with E-state index >= 15 is 0 Å². The Kier molecular flexibility index (Phi) is 7.35. The van der Waals surface area contributed by atoms with Crippen LogP contribution in [-0.4, -0.2) is 51.7 Å². The van der Waals surface area contributed by atoms with Crippen LogP contribution in [0.1, 0.15) is 29.7 Å². The van der Waals surface area contributed by atoms with Crippen LogP contribution >= 0.6 is 11.8 Å². The zero-order valence-electron chi connectivity index (χ0n) is 19.9. The molecule has 182 valence electrons. The van der Waals surface area contributed by atoms with Crippen LogP contribution in [0.25, 0.3) is 5.69 Å². The van der Waals surface area contributed by atoms with Gasteiger partial charge in [0.2, 0.25) is 5.16 Å². The maximum Gasteiger partial charge on any atom is 0.338 e. The van der Waals surface area contributed by atoms with Crippen molar-refractivity contribution in [3.8, 4) is 11.4 Å². The zero-order chi connectivity index (χ0) is 24.9. The molecule has 0 radical (unpaired) electrons. The van der Waals surface area contributed by atoms with Crippen molar-refractivity contribution in [2.45, 2.75) is 32.0 Å². The molecule has 10 nitrogen and oxygen atoms in total. The second kappa shape index (κ2) is 10.6. The number of ether oxygens (including phenoxy) is 2. The lowest BCUT2D eigenvalue weighted by Crippen LogP contribution is -2.46. The van der Waals surface area contributed by atoms with Crippen LogP contribution < -0.4 is 15.4 Å². The van der Waals surface area contributed by atoms with Crippen LogP contribution in [0.15, 0.2) is 58.9 Å². The van der Waals surface area contributed by atoms with Crippen molar-refractivity contribution in [2.75, 3.05) is 19.5 Å². The van der Waals surface area contributed by atoms with Crippen LogP contribution in [0.2, 0.25) is 0 Å². The summed E-state index contributed by atoms with van der Waals surface area (Å²) in [6.45, 7) is 5.93. The predicted molar refractivity (Wildman–Crippen MR) is 130 cm³/mol. The molecule has 0 spiro atoms. The van der Waals surface area contributed by atoms with E-state index < -0.39 is 18.0 Å². The first-order valence-electron chi connectivity index (χ1n) is 11.0. The van der Waals surface area contributed by atoms with Gasteiger partial charge < -0.3 is 20.1 Å². The van der Waals surface area contributed by atoms with Crippen LogP contribution in [0.5, 0.6) is 5.75 Å². The summed E-state index contributed by atoms with van der Waals surface area (Å²) in [6.07, 6.45) is 0. The zero-order valence-corrected chi connectivity index (χ0v) is 20.7. The van der Waals surface area contributed by atoms with Gasteiger partial charge in [-0.2, -0.15) is 4.68 Å². The molecule has 11 heteroatoms. The number of nitrogens with zero attached hydrogens (tertiary/aromatic N) is 4. The molecule has 2 heterocycles. The summed E-state index contributed by atoms with van der Waals surface area (Å²) in [7, 11) is 1.58. The van der Waals surface area contributed by atoms with Crippen LogP contribution in [-0.2, 0) is 9.53 Å². The molecule has 0 fully saturated rings. The molecule has 2 aromatic carbocycles. The topological polar surface area (TPSA) is 120 Å². The van der Waals surface area contributed by atoms with E-state index in [0.717, 1.165) is 22.4 Å².